The van der Waals surface area contributed by atoms with Gasteiger partial charge in [-0.2, -0.15) is 5.10 Å². The predicted octanol–water partition coefficient (Wildman–Crippen LogP) is 8.19. The molecular weight excluding hydrogens is 554 g/mol. The molecule has 0 amide bonds. The van der Waals surface area contributed by atoms with E-state index in [1.54, 1.807) is 14.2 Å². The van der Waals surface area contributed by atoms with E-state index >= 15 is 0 Å². The lowest BCUT2D eigenvalue weighted by molar-refractivity contribution is 0.0436. The van der Waals surface area contributed by atoms with Crippen molar-refractivity contribution in [3.63, 3.8) is 0 Å². The Morgan fingerprint density at radius 2 is 1.67 bits per heavy atom. The number of hydrogen-bond acceptors (Lipinski definition) is 5. The van der Waals surface area contributed by atoms with Gasteiger partial charge in [-0.25, -0.2) is 4.52 Å². The van der Waals surface area contributed by atoms with E-state index in [0.29, 0.717) is 6.04 Å². The van der Waals surface area contributed by atoms with Crippen molar-refractivity contribution in [2.24, 2.45) is 5.92 Å². The molecule has 2 atom stereocenters. The molecule has 3 aromatic rings. The minimum absolute atomic E-state index is 0.0866. The maximum atomic E-state index is 6.77. The molecule has 3 heterocycles. The smallest absolute Gasteiger partial charge is 0.192 e. The van der Waals surface area contributed by atoms with Crippen LogP contribution in [0.25, 0.3) is 16.8 Å². The van der Waals surface area contributed by atoms with Crippen LogP contribution in [0.1, 0.15) is 77.7 Å². The summed E-state index contributed by atoms with van der Waals surface area (Å²) in [6.45, 7) is 18.6. The number of benzene rings is 1. The van der Waals surface area contributed by atoms with Gasteiger partial charge in [-0.3, -0.25) is 4.48 Å². The molecule has 0 spiro atoms. The van der Waals surface area contributed by atoms with E-state index < -0.39 is 8.32 Å². The molecule has 1 aliphatic carbocycles. The summed E-state index contributed by atoms with van der Waals surface area (Å²) in [5.41, 5.74) is 6.66. The Morgan fingerprint density at radius 3 is 2.21 bits per heavy atom. The summed E-state index contributed by atoms with van der Waals surface area (Å²) in [6, 6.07) is 11.3. The first-order chi connectivity index (χ1) is 20.3. The molecule has 2 aromatic heterocycles. The molecule has 2 aliphatic rings. The number of hydrogen-bond donors (Lipinski definition) is 0. The minimum atomic E-state index is -1.97. The Hall–Kier alpha value is -2.39. The van der Waals surface area contributed by atoms with Gasteiger partial charge in [-0.05, 0) is 74.1 Å². The van der Waals surface area contributed by atoms with Gasteiger partial charge in [0.25, 0.3) is 0 Å². The third kappa shape index (κ3) is 6.13. The van der Waals surface area contributed by atoms with E-state index in [2.05, 4.69) is 89.6 Å². The third-order valence-electron chi connectivity index (χ3n) is 10.4. The van der Waals surface area contributed by atoms with E-state index in [4.69, 9.17) is 23.7 Å². The van der Waals surface area contributed by atoms with Gasteiger partial charge in [0.05, 0.1) is 64.4 Å². The number of methoxy groups -OCH3 is 2. The minimum Gasteiger partial charge on any atom is -0.496 e. The first-order valence-corrected chi connectivity index (χ1v) is 19.1. The van der Waals surface area contributed by atoms with Crippen molar-refractivity contribution in [2.75, 3.05) is 41.0 Å². The highest BCUT2D eigenvalue weighted by molar-refractivity contribution is 6.74. The Bertz CT molecular complexity index is 1410. The molecule has 0 bridgehead atoms. The van der Waals surface area contributed by atoms with Crippen LogP contribution in [0.5, 0.6) is 11.5 Å². The summed E-state index contributed by atoms with van der Waals surface area (Å²) in [5, 5.41) is 5.44. The molecule has 1 aromatic carbocycles. The van der Waals surface area contributed by atoms with Gasteiger partial charge in [-0.15, -0.1) is 0 Å². The SMILES string of the molecule is CCc1nn2c(-c3c(OC)cc(C(C)O[Si](C)(C)C(C)(C)C)cc3OC)cccc2c1[N+](C)(CC1CC1)C1CCOCC1. The lowest BCUT2D eigenvalue weighted by Gasteiger charge is -2.43. The van der Waals surface area contributed by atoms with Gasteiger partial charge in [0.15, 0.2) is 14.0 Å². The lowest BCUT2D eigenvalue weighted by atomic mass is 10.00. The number of rotatable bonds is 11. The van der Waals surface area contributed by atoms with Crippen molar-refractivity contribution in [3.05, 3.63) is 41.6 Å². The quantitative estimate of drug-likeness (QED) is 0.162. The number of pyridine rings is 1. The topological polar surface area (TPSA) is 54.2 Å². The summed E-state index contributed by atoms with van der Waals surface area (Å²) < 4.78 is 27.8. The van der Waals surface area contributed by atoms with Crippen LogP contribution in [0.3, 0.4) is 0 Å². The lowest BCUT2D eigenvalue weighted by Crippen LogP contribution is -2.57. The standard InChI is InChI=1S/C35H54N3O4Si/c1-11-28-34(38(6,23-25-15-16-25)27-17-19-41-20-18-27)30-14-12-13-29(37(30)36-28)33-31(39-7)21-26(22-32(33)40-8)24(2)42-43(9,10)35(3,4)5/h12-14,21-22,24-25,27H,11,15-20,23H2,1-10H3/q+1. The predicted molar refractivity (Wildman–Crippen MR) is 179 cm³/mol. The second-order valence-electron chi connectivity index (χ2n) is 14.4. The molecule has 1 saturated carbocycles. The highest BCUT2D eigenvalue weighted by atomic mass is 28.4. The zero-order valence-corrected chi connectivity index (χ0v) is 29.3. The zero-order chi connectivity index (χ0) is 31.2. The molecule has 236 valence electrons. The van der Waals surface area contributed by atoms with E-state index in [1.165, 1.54) is 29.7 Å². The summed E-state index contributed by atoms with van der Waals surface area (Å²) in [6.07, 6.45) is 5.64. The molecule has 8 heteroatoms. The summed E-state index contributed by atoms with van der Waals surface area (Å²) in [4.78, 5) is 0. The molecule has 2 fully saturated rings. The molecule has 0 N–H and O–H groups in total. The van der Waals surface area contributed by atoms with Gasteiger partial charge >= 0.3 is 0 Å². The first kappa shape index (κ1) is 32.0. The van der Waals surface area contributed by atoms with Crippen molar-refractivity contribution >= 4 is 19.5 Å². The molecule has 2 unspecified atom stereocenters. The summed E-state index contributed by atoms with van der Waals surface area (Å²) in [5.74, 6) is 2.32. The van der Waals surface area contributed by atoms with Crippen LogP contribution in [-0.4, -0.2) is 65.0 Å². The molecular formula is C35H54N3O4Si+. The molecule has 0 radical (unpaired) electrons. The summed E-state index contributed by atoms with van der Waals surface area (Å²) >= 11 is 0. The van der Waals surface area contributed by atoms with Crippen LogP contribution in [0.4, 0.5) is 5.69 Å². The van der Waals surface area contributed by atoms with Crippen LogP contribution >= 0.6 is 0 Å². The average molecular weight is 609 g/mol. The Kier molecular flexibility index (Phi) is 9.07. The van der Waals surface area contributed by atoms with Crippen LogP contribution in [-0.2, 0) is 15.6 Å². The maximum Gasteiger partial charge on any atom is 0.192 e. The number of aryl methyl sites for hydroxylation is 1. The van der Waals surface area contributed by atoms with Crippen molar-refractivity contribution in [1.82, 2.24) is 14.1 Å². The van der Waals surface area contributed by atoms with Crippen LogP contribution in [0, 0.1) is 5.92 Å². The van der Waals surface area contributed by atoms with Crippen molar-refractivity contribution in [2.45, 2.75) is 97.0 Å². The van der Waals surface area contributed by atoms with Crippen molar-refractivity contribution < 1.29 is 18.6 Å². The van der Waals surface area contributed by atoms with E-state index in [0.717, 1.165) is 77.7 Å². The van der Waals surface area contributed by atoms with Crippen LogP contribution < -0.4 is 14.0 Å². The first-order valence-electron chi connectivity index (χ1n) is 16.2. The largest absolute Gasteiger partial charge is 0.496 e. The number of quaternary nitrogens is 1. The number of aromatic nitrogens is 2. The van der Waals surface area contributed by atoms with E-state index in [9.17, 15) is 0 Å². The number of ether oxygens (including phenoxy) is 3. The van der Waals surface area contributed by atoms with Gasteiger partial charge in [0.1, 0.15) is 22.7 Å². The third-order valence-corrected chi connectivity index (χ3v) is 15.0. The number of nitrogens with zero attached hydrogens (tertiary/aromatic N) is 3. The Labute approximate surface area is 260 Å². The zero-order valence-electron chi connectivity index (χ0n) is 28.3. The highest BCUT2D eigenvalue weighted by Crippen LogP contribution is 2.46. The fourth-order valence-electron chi connectivity index (χ4n) is 6.71. The van der Waals surface area contributed by atoms with Gasteiger partial charge < -0.3 is 18.6 Å². The van der Waals surface area contributed by atoms with E-state index in [-0.39, 0.29) is 11.1 Å². The Balaban J connectivity index is 1.64. The average Bonchev–Trinajstić information content (AvgIpc) is 3.70. The normalized spacial score (nSPS) is 18.9. The maximum absolute atomic E-state index is 6.77. The highest BCUT2D eigenvalue weighted by Gasteiger charge is 2.45. The number of fused-ring (bicyclic) bond motifs is 1. The summed E-state index contributed by atoms with van der Waals surface area (Å²) in [7, 11) is 3.96. The van der Waals surface area contributed by atoms with Gasteiger partial charge in [0.2, 0.25) is 0 Å². The second kappa shape index (κ2) is 12.2. The molecule has 7 nitrogen and oxygen atoms in total. The fourth-order valence-corrected chi connectivity index (χ4v) is 8.08. The van der Waals surface area contributed by atoms with Crippen LogP contribution in [0.2, 0.25) is 18.1 Å². The van der Waals surface area contributed by atoms with Crippen molar-refractivity contribution in [1.29, 1.82) is 0 Å². The van der Waals surface area contributed by atoms with Gasteiger partial charge in [-0.1, -0.05) is 33.8 Å². The molecule has 1 aliphatic heterocycles. The van der Waals surface area contributed by atoms with E-state index in [1.807, 2.05) is 0 Å². The monoisotopic (exact) mass is 608 g/mol. The van der Waals surface area contributed by atoms with Crippen LogP contribution in [0.15, 0.2) is 30.3 Å². The fraction of sp³-hybridized carbons (Fsp3) is 0.629. The molecule has 1 saturated heterocycles. The second-order valence-corrected chi connectivity index (χ2v) is 19.2. The van der Waals surface area contributed by atoms with Crippen molar-refractivity contribution in [3.8, 4) is 22.8 Å². The molecule has 5 rings (SSSR count). The van der Waals surface area contributed by atoms with Gasteiger partial charge in [0, 0.05) is 18.8 Å². The Morgan fingerprint density at radius 1 is 1.05 bits per heavy atom. The molecule has 43 heavy (non-hydrogen) atoms.